The van der Waals surface area contributed by atoms with Crippen molar-refractivity contribution in [1.29, 1.82) is 0 Å². The van der Waals surface area contributed by atoms with E-state index in [1.54, 1.807) is 35.2 Å². The fraction of sp³-hybridized carbons (Fsp3) is 0.0769. The number of rotatable bonds is 3. The Morgan fingerprint density at radius 3 is 2.74 bits per heavy atom. The molecule has 96 valence electrons. The third-order valence-electron chi connectivity index (χ3n) is 2.49. The molecule has 0 bridgehead atoms. The minimum atomic E-state index is 0.462. The highest BCUT2D eigenvalue weighted by molar-refractivity contribution is 8.00. The summed E-state index contributed by atoms with van der Waals surface area (Å²) in [6, 6.07) is 11.6. The normalized spacial score (nSPS) is 11.1. The number of halogens is 2. The quantitative estimate of drug-likeness (QED) is 0.483. The summed E-state index contributed by atoms with van der Waals surface area (Å²) in [5.74, 6) is 0.666. The molecule has 0 spiro atoms. The second-order valence-electron chi connectivity index (χ2n) is 3.80. The van der Waals surface area contributed by atoms with Crippen molar-refractivity contribution >= 4 is 56.5 Å². The molecule has 1 aromatic carbocycles. The first-order chi connectivity index (χ1) is 9.22. The monoisotopic (exact) mass is 326 g/mol. The first kappa shape index (κ1) is 13.2. The van der Waals surface area contributed by atoms with Crippen LogP contribution in [-0.2, 0) is 5.75 Å². The number of pyridine rings is 1. The van der Waals surface area contributed by atoms with Crippen LogP contribution in [0.15, 0.2) is 40.7 Å². The molecule has 0 amide bonds. The fourth-order valence-electron chi connectivity index (χ4n) is 1.60. The van der Waals surface area contributed by atoms with E-state index in [0.717, 1.165) is 15.6 Å². The van der Waals surface area contributed by atoms with Crippen LogP contribution in [0.25, 0.3) is 10.2 Å². The van der Waals surface area contributed by atoms with Gasteiger partial charge in [0.2, 0.25) is 0 Å². The summed E-state index contributed by atoms with van der Waals surface area (Å²) in [7, 11) is 0. The van der Waals surface area contributed by atoms with Crippen LogP contribution < -0.4 is 0 Å². The smallest absolute Gasteiger partial charge is 0.151 e. The average Bonchev–Trinajstić information content (AvgIpc) is 2.82. The van der Waals surface area contributed by atoms with E-state index in [2.05, 4.69) is 16.0 Å². The number of nitrogens with zero attached hydrogens (tertiary/aromatic N) is 2. The third-order valence-corrected chi connectivity index (χ3v) is 5.24. The predicted molar refractivity (Wildman–Crippen MR) is 83.4 cm³/mol. The highest BCUT2D eigenvalue weighted by atomic mass is 35.5. The van der Waals surface area contributed by atoms with Gasteiger partial charge in [-0.3, -0.25) is 0 Å². The topological polar surface area (TPSA) is 25.8 Å². The van der Waals surface area contributed by atoms with Crippen molar-refractivity contribution in [3.63, 3.8) is 0 Å². The molecule has 0 atom stereocenters. The van der Waals surface area contributed by atoms with Gasteiger partial charge in [-0.1, -0.05) is 47.1 Å². The van der Waals surface area contributed by atoms with E-state index in [1.165, 1.54) is 4.70 Å². The van der Waals surface area contributed by atoms with E-state index >= 15 is 0 Å². The number of fused-ring (bicyclic) bond motifs is 1. The largest absolute Gasteiger partial charge is 0.239 e. The summed E-state index contributed by atoms with van der Waals surface area (Å²) in [5, 5.41) is 1.10. The van der Waals surface area contributed by atoms with E-state index in [4.69, 9.17) is 23.2 Å². The van der Waals surface area contributed by atoms with Gasteiger partial charge in [0.1, 0.15) is 5.15 Å². The van der Waals surface area contributed by atoms with Crippen molar-refractivity contribution in [2.75, 3.05) is 0 Å². The lowest BCUT2D eigenvalue weighted by Gasteiger charge is -2.01. The van der Waals surface area contributed by atoms with Crippen molar-refractivity contribution in [3.8, 4) is 0 Å². The molecule has 0 radical (unpaired) electrons. The molecule has 0 aliphatic rings. The zero-order valence-electron chi connectivity index (χ0n) is 9.64. The standard InChI is InChI=1S/C13H8Cl2N2S2/c14-8-5-6-12(15)16-10(8)7-18-13-17-9-3-1-2-4-11(9)19-13/h1-6H,7H2. The number of para-hydroxylation sites is 1. The van der Waals surface area contributed by atoms with Crippen LogP contribution in [0.2, 0.25) is 10.2 Å². The minimum absolute atomic E-state index is 0.462. The Hall–Kier alpha value is -0.810. The lowest BCUT2D eigenvalue weighted by Crippen LogP contribution is -1.88. The molecule has 0 N–H and O–H groups in total. The maximum Gasteiger partial charge on any atom is 0.151 e. The van der Waals surface area contributed by atoms with Crippen LogP contribution >= 0.6 is 46.3 Å². The molecule has 0 saturated heterocycles. The second kappa shape index (κ2) is 5.67. The first-order valence-electron chi connectivity index (χ1n) is 5.52. The molecule has 2 heterocycles. The SMILES string of the molecule is Clc1ccc(Cl)c(CSc2nc3ccccc3s2)n1. The summed E-state index contributed by atoms with van der Waals surface area (Å²) in [6.45, 7) is 0. The summed E-state index contributed by atoms with van der Waals surface area (Å²) >= 11 is 15.3. The zero-order valence-corrected chi connectivity index (χ0v) is 12.8. The van der Waals surface area contributed by atoms with Crippen molar-refractivity contribution < 1.29 is 0 Å². The maximum absolute atomic E-state index is 6.09. The summed E-state index contributed by atoms with van der Waals surface area (Å²) in [6.07, 6.45) is 0. The number of thioether (sulfide) groups is 1. The van der Waals surface area contributed by atoms with Crippen molar-refractivity contribution in [2.24, 2.45) is 0 Å². The molecule has 3 aromatic rings. The first-order valence-corrected chi connectivity index (χ1v) is 8.07. The molecule has 0 unspecified atom stereocenters. The number of benzene rings is 1. The Kier molecular flexibility index (Phi) is 3.93. The predicted octanol–water partition coefficient (Wildman–Crippen LogP) is 5.29. The molecule has 0 fully saturated rings. The van der Waals surface area contributed by atoms with Crippen LogP contribution in [0.3, 0.4) is 0 Å². The van der Waals surface area contributed by atoms with Crippen molar-refractivity contribution in [1.82, 2.24) is 9.97 Å². The van der Waals surface area contributed by atoms with Gasteiger partial charge < -0.3 is 0 Å². The van der Waals surface area contributed by atoms with Gasteiger partial charge in [0, 0.05) is 5.75 Å². The van der Waals surface area contributed by atoms with Crippen molar-refractivity contribution in [2.45, 2.75) is 10.1 Å². The third kappa shape index (κ3) is 3.03. The molecule has 0 saturated carbocycles. The van der Waals surface area contributed by atoms with Gasteiger partial charge in [-0.15, -0.1) is 11.3 Å². The van der Waals surface area contributed by atoms with Gasteiger partial charge >= 0.3 is 0 Å². The Bertz CT molecular complexity index is 694. The van der Waals surface area contributed by atoms with Crippen molar-refractivity contribution in [3.05, 3.63) is 52.3 Å². The zero-order chi connectivity index (χ0) is 13.2. The van der Waals surface area contributed by atoms with E-state index in [0.29, 0.717) is 15.9 Å². The lowest BCUT2D eigenvalue weighted by molar-refractivity contribution is 1.17. The fourth-order valence-corrected chi connectivity index (χ4v) is 4.04. The van der Waals surface area contributed by atoms with Crippen LogP contribution in [0.1, 0.15) is 5.69 Å². The number of aromatic nitrogens is 2. The Balaban J connectivity index is 1.80. The average molecular weight is 327 g/mol. The summed E-state index contributed by atoms with van der Waals surface area (Å²) < 4.78 is 2.20. The van der Waals surface area contributed by atoms with E-state index in [1.807, 2.05) is 18.2 Å². The molecule has 0 aliphatic carbocycles. The molecule has 6 heteroatoms. The highest BCUT2D eigenvalue weighted by Crippen LogP contribution is 2.32. The lowest BCUT2D eigenvalue weighted by atomic mass is 10.3. The molecule has 19 heavy (non-hydrogen) atoms. The summed E-state index contributed by atoms with van der Waals surface area (Å²) in [4.78, 5) is 8.79. The van der Waals surface area contributed by atoms with E-state index in [-0.39, 0.29) is 0 Å². The Morgan fingerprint density at radius 2 is 1.89 bits per heavy atom. The van der Waals surface area contributed by atoms with Gasteiger partial charge in [0.25, 0.3) is 0 Å². The maximum atomic E-state index is 6.09. The van der Waals surface area contributed by atoms with Gasteiger partial charge in [-0.2, -0.15) is 0 Å². The van der Waals surface area contributed by atoms with Gasteiger partial charge in [-0.25, -0.2) is 9.97 Å². The summed E-state index contributed by atoms with van der Waals surface area (Å²) in [5.41, 5.74) is 1.82. The van der Waals surface area contributed by atoms with Crippen LogP contribution in [0.5, 0.6) is 0 Å². The molecule has 0 aliphatic heterocycles. The molecular formula is C13H8Cl2N2S2. The van der Waals surface area contributed by atoms with Crippen LogP contribution in [0.4, 0.5) is 0 Å². The van der Waals surface area contributed by atoms with Crippen LogP contribution in [0, 0.1) is 0 Å². The molecule has 2 aromatic heterocycles. The van der Waals surface area contributed by atoms with Gasteiger partial charge in [0.05, 0.1) is 20.9 Å². The molecule has 3 rings (SSSR count). The second-order valence-corrected chi connectivity index (χ2v) is 6.85. The molecule has 2 nitrogen and oxygen atoms in total. The number of thiazole rings is 1. The van der Waals surface area contributed by atoms with E-state index in [9.17, 15) is 0 Å². The van der Waals surface area contributed by atoms with E-state index < -0.39 is 0 Å². The Labute approximate surface area is 128 Å². The Morgan fingerprint density at radius 1 is 1.05 bits per heavy atom. The minimum Gasteiger partial charge on any atom is -0.239 e. The molecular weight excluding hydrogens is 319 g/mol. The van der Waals surface area contributed by atoms with Gasteiger partial charge in [0.15, 0.2) is 4.34 Å². The number of hydrogen-bond donors (Lipinski definition) is 0. The van der Waals surface area contributed by atoms with Crippen LogP contribution in [-0.4, -0.2) is 9.97 Å². The van der Waals surface area contributed by atoms with Gasteiger partial charge in [-0.05, 0) is 24.3 Å². The highest BCUT2D eigenvalue weighted by Gasteiger charge is 2.07. The number of hydrogen-bond acceptors (Lipinski definition) is 4.